The van der Waals surface area contributed by atoms with Gasteiger partial charge in [0.1, 0.15) is 0 Å². The summed E-state index contributed by atoms with van der Waals surface area (Å²) in [5.41, 5.74) is 0. The fraction of sp³-hybridized carbons (Fsp3) is 0.889. The zero-order chi connectivity index (χ0) is 9.84. The van der Waals surface area contributed by atoms with Crippen molar-refractivity contribution in [2.45, 2.75) is 18.9 Å². The normalized spacial score (nSPS) is 30.1. The molecule has 4 heteroatoms. The predicted molar refractivity (Wildman–Crippen MR) is 48.2 cm³/mol. The SMILES string of the molecule is COC(=O)C[C@H]1CN(C)CC[C@@H]1O. The largest absolute Gasteiger partial charge is 0.469 e. The minimum atomic E-state index is -0.352. The van der Waals surface area contributed by atoms with Gasteiger partial charge in [-0.15, -0.1) is 0 Å². The van der Waals surface area contributed by atoms with Gasteiger partial charge in [0.2, 0.25) is 0 Å². The molecule has 4 nitrogen and oxygen atoms in total. The molecule has 0 amide bonds. The van der Waals surface area contributed by atoms with E-state index in [0.717, 1.165) is 19.5 Å². The van der Waals surface area contributed by atoms with E-state index in [9.17, 15) is 9.90 Å². The van der Waals surface area contributed by atoms with Crippen molar-refractivity contribution in [3.63, 3.8) is 0 Å². The smallest absolute Gasteiger partial charge is 0.305 e. The van der Waals surface area contributed by atoms with E-state index in [0.29, 0.717) is 6.42 Å². The third kappa shape index (κ3) is 2.97. The number of hydrogen-bond acceptors (Lipinski definition) is 4. The summed E-state index contributed by atoms with van der Waals surface area (Å²) in [4.78, 5) is 13.1. The zero-order valence-corrected chi connectivity index (χ0v) is 8.19. The topological polar surface area (TPSA) is 49.8 Å². The standard InChI is InChI=1S/C9H17NO3/c1-10-4-3-8(11)7(6-10)5-9(12)13-2/h7-8,11H,3-6H2,1-2H3/t7-,8-/m0/s1. The van der Waals surface area contributed by atoms with Gasteiger partial charge >= 0.3 is 5.97 Å². The van der Waals surface area contributed by atoms with Crippen molar-refractivity contribution in [1.82, 2.24) is 4.90 Å². The maximum Gasteiger partial charge on any atom is 0.305 e. The first-order valence-electron chi connectivity index (χ1n) is 4.57. The molecule has 1 aliphatic heterocycles. The van der Waals surface area contributed by atoms with Crippen LogP contribution >= 0.6 is 0 Å². The van der Waals surface area contributed by atoms with Gasteiger partial charge in [-0.1, -0.05) is 0 Å². The van der Waals surface area contributed by atoms with Crippen molar-refractivity contribution in [2.75, 3.05) is 27.2 Å². The summed E-state index contributed by atoms with van der Waals surface area (Å²) in [6, 6.07) is 0. The average molecular weight is 187 g/mol. The van der Waals surface area contributed by atoms with Gasteiger partial charge in [0.15, 0.2) is 0 Å². The number of rotatable bonds is 2. The number of hydrogen-bond donors (Lipinski definition) is 1. The molecule has 0 aliphatic carbocycles. The van der Waals surface area contributed by atoms with Crippen LogP contribution in [0.5, 0.6) is 0 Å². The lowest BCUT2D eigenvalue weighted by Gasteiger charge is -2.33. The highest BCUT2D eigenvalue weighted by Gasteiger charge is 2.27. The number of piperidine rings is 1. The highest BCUT2D eigenvalue weighted by molar-refractivity contribution is 5.69. The summed E-state index contributed by atoms with van der Waals surface area (Å²) in [5.74, 6) is -0.203. The summed E-state index contributed by atoms with van der Waals surface area (Å²) in [6.45, 7) is 1.68. The lowest BCUT2D eigenvalue weighted by Crippen LogP contribution is -2.42. The highest BCUT2D eigenvalue weighted by atomic mass is 16.5. The molecular formula is C9H17NO3. The van der Waals surface area contributed by atoms with Crippen molar-refractivity contribution in [1.29, 1.82) is 0 Å². The van der Waals surface area contributed by atoms with Crippen molar-refractivity contribution in [2.24, 2.45) is 5.92 Å². The monoisotopic (exact) mass is 187 g/mol. The molecule has 2 atom stereocenters. The molecule has 0 spiro atoms. The van der Waals surface area contributed by atoms with Crippen molar-refractivity contribution in [3.05, 3.63) is 0 Å². The van der Waals surface area contributed by atoms with Gasteiger partial charge in [-0.2, -0.15) is 0 Å². The Hall–Kier alpha value is -0.610. The molecule has 0 unspecified atom stereocenters. The van der Waals surface area contributed by atoms with E-state index in [2.05, 4.69) is 9.64 Å². The van der Waals surface area contributed by atoms with Gasteiger partial charge in [0.05, 0.1) is 19.6 Å². The van der Waals surface area contributed by atoms with Crippen LogP contribution in [0.4, 0.5) is 0 Å². The first-order chi connectivity index (χ1) is 6.13. The first-order valence-corrected chi connectivity index (χ1v) is 4.57. The third-order valence-electron chi connectivity index (χ3n) is 2.55. The Labute approximate surface area is 78.5 Å². The van der Waals surface area contributed by atoms with Crippen LogP contribution in [0.2, 0.25) is 0 Å². The lowest BCUT2D eigenvalue weighted by molar-refractivity contribution is -0.143. The Balaban J connectivity index is 2.41. The minimum absolute atomic E-state index is 0.0335. The fourth-order valence-corrected chi connectivity index (χ4v) is 1.70. The summed E-state index contributed by atoms with van der Waals surface area (Å²) in [7, 11) is 3.37. The second kappa shape index (κ2) is 4.58. The maximum absolute atomic E-state index is 11.0. The summed E-state index contributed by atoms with van der Waals surface area (Å²) < 4.78 is 4.57. The van der Waals surface area contributed by atoms with Gasteiger partial charge < -0.3 is 14.7 Å². The van der Waals surface area contributed by atoms with Gasteiger partial charge in [0.25, 0.3) is 0 Å². The number of likely N-dealkylation sites (tertiary alicyclic amines) is 1. The van der Waals surface area contributed by atoms with Gasteiger partial charge in [0, 0.05) is 19.0 Å². The van der Waals surface area contributed by atoms with Crippen LogP contribution in [0, 0.1) is 5.92 Å². The Bertz CT molecular complexity index is 184. The van der Waals surface area contributed by atoms with Crippen molar-refractivity contribution in [3.8, 4) is 0 Å². The quantitative estimate of drug-likeness (QED) is 0.611. The lowest BCUT2D eigenvalue weighted by atomic mass is 9.92. The van der Waals surface area contributed by atoms with E-state index in [-0.39, 0.29) is 18.0 Å². The van der Waals surface area contributed by atoms with Crippen LogP contribution in [0.1, 0.15) is 12.8 Å². The number of nitrogens with zero attached hydrogens (tertiary/aromatic N) is 1. The number of carbonyl (C=O) groups excluding carboxylic acids is 1. The minimum Gasteiger partial charge on any atom is -0.469 e. The van der Waals surface area contributed by atoms with E-state index in [1.54, 1.807) is 0 Å². The number of carbonyl (C=O) groups is 1. The maximum atomic E-state index is 11.0. The molecule has 0 aromatic carbocycles. The molecule has 0 saturated carbocycles. The van der Waals surface area contributed by atoms with E-state index in [4.69, 9.17) is 0 Å². The van der Waals surface area contributed by atoms with Gasteiger partial charge in [-0.25, -0.2) is 0 Å². The van der Waals surface area contributed by atoms with E-state index in [1.807, 2.05) is 7.05 Å². The molecule has 0 aromatic rings. The van der Waals surface area contributed by atoms with E-state index < -0.39 is 0 Å². The van der Waals surface area contributed by atoms with E-state index in [1.165, 1.54) is 7.11 Å². The molecule has 1 fully saturated rings. The molecule has 1 rings (SSSR count). The number of esters is 1. The Morgan fingerprint density at radius 1 is 1.69 bits per heavy atom. The number of ether oxygens (including phenoxy) is 1. The number of aliphatic hydroxyl groups is 1. The van der Waals surface area contributed by atoms with Crippen molar-refractivity contribution < 1.29 is 14.6 Å². The third-order valence-corrected chi connectivity index (χ3v) is 2.55. The predicted octanol–water partition coefficient (Wildman–Crippen LogP) is -0.138. The second-order valence-corrected chi connectivity index (χ2v) is 3.66. The molecule has 0 radical (unpaired) electrons. The average Bonchev–Trinajstić information content (AvgIpc) is 2.11. The molecule has 76 valence electrons. The molecular weight excluding hydrogens is 170 g/mol. The fourth-order valence-electron chi connectivity index (χ4n) is 1.70. The Morgan fingerprint density at radius 2 is 2.38 bits per heavy atom. The molecule has 1 N–H and O–H groups in total. The number of aliphatic hydroxyl groups excluding tert-OH is 1. The van der Waals surface area contributed by atoms with Crippen LogP contribution in [0.25, 0.3) is 0 Å². The molecule has 0 bridgehead atoms. The van der Waals surface area contributed by atoms with Crippen molar-refractivity contribution >= 4 is 5.97 Å². The highest BCUT2D eigenvalue weighted by Crippen LogP contribution is 2.19. The zero-order valence-electron chi connectivity index (χ0n) is 8.19. The number of methoxy groups -OCH3 is 1. The Kier molecular flexibility index (Phi) is 3.69. The second-order valence-electron chi connectivity index (χ2n) is 3.66. The molecule has 13 heavy (non-hydrogen) atoms. The van der Waals surface area contributed by atoms with Crippen LogP contribution < -0.4 is 0 Å². The summed E-state index contributed by atoms with van der Waals surface area (Å²) >= 11 is 0. The molecule has 1 heterocycles. The van der Waals surface area contributed by atoms with Crippen LogP contribution in [-0.2, 0) is 9.53 Å². The molecule has 1 aliphatic rings. The van der Waals surface area contributed by atoms with Crippen LogP contribution in [0.15, 0.2) is 0 Å². The summed E-state index contributed by atoms with van der Waals surface area (Å²) in [5, 5.41) is 9.60. The first kappa shape index (κ1) is 10.5. The molecule has 0 aromatic heterocycles. The Morgan fingerprint density at radius 3 is 3.00 bits per heavy atom. The van der Waals surface area contributed by atoms with Crippen LogP contribution in [-0.4, -0.2) is 49.3 Å². The van der Waals surface area contributed by atoms with E-state index >= 15 is 0 Å². The van der Waals surface area contributed by atoms with Gasteiger partial charge in [-0.3, -0.25) is 4.79 Å². The van der Waals surface area contributed by atoms with Crippen LogP contribution in [0.3, 0.4) is 0 Å². The van der Waals surface area contributed by atoms with Gasteiger partial charge in [-0.05, 0) is 13.5 Å². The molecule has 1 saturated heterocycles. The summed E-state index contributed by atoms with van der Waals surface area (Å²) in [6.07, 6.45) is 0.718.